The average Bonchev–Trinajstić information content (AvgIpc) is 3.25. The highest BCUT2D eigenvalue weighted by Gasteiger charge is 2.70. The Bertz CT molecular complexity index is 1180. The number of hydrogen-bond donors (Lipinski definition) is 0. The van der Waals surface area contributed by atoms with Crippen molar-refractivity contribution in [1.29, 1.82) is 0 Å². The number of esters is 1. The fourth-order valence-corrected chi connectivity index (χ4v) is 8.44. The summed E-state index contributed by atoms with van der Waals surface area (Å²) >= 11 is 0. The highest BCUT2D eigenvalue weighted by Crippen LogP contribution is 2.72. The molecule has 1 aliphatic heterocycles. The summed E-state index contributed by atoms with van der Waals surface area (Å²) in [4.78, 5) is 44.8. The van der Waals surface area contributed by atoms with Crippen LogP contribution < -0.4 is 0 Å². The number of nitrogens with zero attached hydrogens (tertiary/aromatic N) is 2. The quantitative estimate of drug-likeness (QED) is 0.257. The highest BCUT2D eigenvalue weighted by atomic mass is 16.6. The topological polar surface area (TPSA) is 85.4 Å². The molecule has 1 spiro atoms. The van der Waals surface area contributed by atoms with E-state index < -0.39 is 29.9 Å². The molecule has 6 atom stereocenters. The minimum Gasteiger partial charge on any atom is -0.460 e. The van der Waals surface area contributed by atoms with Gasteiger partial charge in [0.15, 0.2) is 0 Å². The average molecular weight is 613 g/mol. The zero-order valence-electron chi connectivity index (χ0n) is 28.6. The lowest BCUT2D eigenvalue weighted by Crippen LogP contribution is -2.62. The largest absolute Gasteiger partial charge is 0.460 e. The van der Waals surface area contributed by atoms with Gasteiger partial charge >= 0.3 is 12.1 Å². The molecular formula is C36H56N2O6. The van der Waals surface area contributed by atoms with E-state index >= 15 is 0 Å². The number of fused-ring (bicyclic) bond motifs is 3. The Morgan fingerprint density at radius 1 is 1.05 bits per heavy atom. The van der Waals surface area contributed by atoms with Crippen LogP contribution in [0.1, 0.15) is 112 Å². The van der Waals surface area contributed by atoms with E-state index in [0.29, 0.717) is 18.8 Å². The van der Waals surface area contributed by atoms with Crippen molar-refractivity contribution in [3.05, 3.63) is 35.9 Å². The van der Waals surface area contributed by atoms with Gasteiger partial charge in [0.05, 0.1) is 12.0 Å². The number of hydrogen-bond acceptors (Lipinski definition) is 6. The van der Waals surface area contributed by atoms with E-state index in [1.165, 1.54) is 11.3 Å². The first-order chi connectivity index (χ1) is 20.5. The SMILES string of the molecule is CCC[C@@H](CC(=O)OC(C)(C)C)[C@H](C(=O)N(C)C)N(C(=O)OCc1ccccc1)[C@H]1CCC[C@]2(C[C@H]3CC[C@]2(C)C3(C)C)O1. The summed E-state index contributed by atoms with van der Waals surface area (Å²) in [5.41, 5.74) is -0.0979. The van der Waals surface area contributed by atoms with Crippen LogP contribution >= 0.6 is 0 Å². The Hall–Kier alpha value is -2.61. The van der Waals surface area contributed by atoms with Gasteiger partial charge in [-0.3, -0.25) is 14.5 Å². The number of benzene rings is 1. The smallest absolute Gasteiger partial charge is 0.412 e. The molecule has 2 aliphatic carbocycles. The molecule has 8 nitrogen and oxygen atoms in total. The van der Waals surface area contributed by atoms with E-state index in [4.69, 9.17) is 14.2 Å². The van der Waals surface area contributed by atoms with Crippen molar-refractivity contribution < 1.29 is 28.6 Å². The van der Waals surface area contributed by atoms with Gasteiger partial charge in [0, 0.05) is 19.5 Å². The molecule has 44 heavy (non-hydrogen) atoms. The van der Waals surface area contributed by atoms with Crippen LogP contribution in [0.15, 0.2) is 30.3 Å². The van der Waals surface area contributed by atoms with E-state index in [9.17, 15) is 14.4 Å². The third-order valence-electron chi connectivity index (χ3n) is 11.1. The molecule has 3 aliphatic rings. The predicted molar refractivity (Wildman–Crippen MR) is 170 cm³/mol. The predicted octanol–water partition coefficient (Wildman–Crippen LogP) is 7.34. The number of rotatable bonds is 10. The summed E-state index contributed by atoms with van der Waals surface area (Å²) in [6, 6.07) is 8.61. The first kappa shape index (κ1) is 34.3. The second-order valence-corrected chi connectivity index (χ2v) is 15.4. The van der Waals surface area contributed by atoms with Crippen LogP contribution in [-0.2, 0) is 30.4 Å². The lowest BCUT2D eigenvalue weighted by Gasteiger charge is -2.54. The van der Waals surface area contributed by atoms with Gasteiger partial charge in [0.1, 0.15) is 24.5 Å². The van der Waals surface area contributed by atoms with Gasteiger partial charge in [0.25, 0.3) is 0 Å². The molecule has 8 heteroatoms. The van der Waals surface area contributed by atoms with Crippen molar-refractivity contribution in [2.75, 3.05) is 14.1 Å². The Morgan fingerprint density at radius 3 is 2.27 bits per heavy atom. The molecule has 1 aromatic rings. The molecule has 4 rings (SSSR count). The molecule has 0 aromatic heterocycles. The summed E-state index contributed by atoms with van der Waals surface area (Å²) in [5.74, 6) is -0.536. The summed E-state index contributed by atoms with van der Waals surface area (Å²) in [6.45, 7) is 14.7. The minimum atomic E-state index is -0.944. The van der Waals surface area contributed by atoms with E-state index in [2.05, 4.69) is 20.8 Å². The monoisotopic (exact) mass is 612 g/mol. The van der Waals surface area contributed by atoms with Gasteiger partial charge in [-0.2, -0.15) is 0 Å². The molecule has 0 N–H and O–H groups in total. The van der Waals surface area contributed by atoms with Gasteiger partial charge in [-0.25, -0.2) is 4.79 Å². The molecule has 2 saturated carbocycles. The zero-order chi connectivity index (χ0) is 32.5. The first-order valence-corrected chi connectivity index (χ1v) is 16.6. The number of likely N-dealkylation sites (N-methyl/N-ethyl adjacent to an activating group) is 1. The third-order valence-corrected chi connectivity index (χ3v) is 11.1. The molecule has 1 aromatic carbocycles. The van der Waals surface area contributed by atoms with Crippen molar-refractivity contribution in [3.8, 4) is 0 Å². The van der Waals surface area contributed by atoms with Gasteiger partial charge in [-0.15, -0.1) is 0 Å². The van der Waals surface area contributed by atoms with Gasteiger partial charge in [0.2, 0.25) is 5.91 Å². The second-order valence-electron chi connectivity index (χ2n) is 15.4. The van der Waals surface area contributed by atoms with Gasteiger partial charge in [-0.1, -0.05) is 64.4 Å². The Morgan fingerprint density at radius 2 is 1.73 bits per heavy atom. The minimum absolute atomic E-state index is 0.0164. The molecule has 0 unspecified atom stereocenters. The maximum atomic E-state index is 14.3. The normalized spacial score (nSPS) is 28.8. The van der Waals surface area contributed by atoms with Crippen LogP contribution in [-0.4, -0.2) is 65.3 Å². The van der Waals surface area contributed by atoms with Crippen molar-refractivity contribution in [2.24, 2.45) is 22.7 Å². The zero-order valence-corrected chi connectivity index (χ0v) is 28.6. The van der Waals surface area contributed by atoms with Crippen molar-refractivity contribution in [2.45, 2.75) is 136 Å². The van der Waals surface area contributed by atoms with E-state index in [0.717, 1.165) is 37.7 Å². The van der Waals surface area contributed by atoms with Crippen LogP contribution in [0.2, 0.25) is 0 Å². The Kier molecular flexibility index (Phi) is 10.1. The summed E-state index contributed by atoms with van der Waals surface area (Å²) in [7, 11) is 3.39. The molecule has 2 bridgehead atoms. The van der Waals surface area contributed by atoms with Crippen molar-refractivity contribution in [1.82, 2.24) is 9.80 Å². The Labute approximate surface area is 265 Å². The highest BCUT2D eigenvalue weighted by molar-refractivity contribution is 5.86. The van der Waals surface area contributed by atoms with Gasteiger partial charge < -0.3 is 19.1 Å². The van der Waals surface area contributed by atoms with Crippen molar-refractivity contribution >= 4 is 18.0 Å². The molecule has 3 fully saturated rings. The lowest BCUT2D eigenvalue weighted by molar-refractivity contribution is -0.236. The number of carbonyl (C=O) groups excluding carboxylic acids is 3. The molecule has 246 valence electrons. The van der Waals surface area contributed by atoms with Crippen LogP contribution in [0.4, 0.5) is 4.79 Å². The van der Waals surface area contributed by atoms with Crippen LogP contribution in [0.25, 0.3) is 0 Å². The summed E-state index contributed by atoms with van der Waals surface area (Å²) < 4.78 is 18.9. The molecule has 1 heterocycles. The fraction of sp³-hybridized carbons (Fsp3) is 0.750. The Balaban J connectivity index is 1.74. The molecule has 0 radical (unpaired) electrons. The van der Waals surface area contributed by atoms with Crippen LogP contribution in [0.3, 0.4) is 0 Å². The van der Waals surface area contributed by atoms with E-state index in [-0.39, 0.29) is 41.3 Å². The third kappa shape index (κ3) is 6.66. The first-order valence-electron chi connectivity index (χ1n) is 16.6. The molecule has 2 amide bonds. The summed E-state index contributed by atoms with van der Waals surface area (Å²) in [6.07, 6.45) is 5.76. The number of carbonyl (C=O) groups is 3. The number of ether oxygens (including phenoxy) is 3. The van der Waals surface area contributed by atoms with Crippen LogP contribution in [0.5, 0.6) is 0 Å². The molecule has 1 saturated heterocycles. The lowest BCUT2D eigenvalue weighted by atomic mass is 9.62. The fourth-order valence-electron chi connectivity index (χ4n) is 8.44. The second kappa shape index (κ2) is 13.0. The van der Waals surface area contributed by atoms with Crippen molar-refractivity contribution in [3.63, 3.8) is 0 Å². The maximum absolute atomic E-state index is 14.3. The van der Waals surface area contributed by atoms with Crippen LogP contribution in [0, 0.1) is 22.7 Å². The maximum Gasteiger partial charge on any atom is 0.412 e. The number of amides is 2. The standard InChI is InChI=1S/C36H56N2O6/c1-10-15-26(22-29(39)44-33(2,3)4)30(31(40)37(8)9)38(32(41)42-24-25-16-12-11-13-17-25)28-18-14-20-36(43-28)23-27-19-21-35(36,7)34(27,5)6/h11-13,16-17,26-28,30H,10,14-15,18-24H2,1-9H3/t26-,27+,28+,30+,35+,36+/m0/s1. The van der Waals surface area contributed by atoms with E-state index in [1.807, 2.05) is 58.0 Å². The van der Waals surface area contributed by atoms with Gasteiger partial charge in [-0.05, 0) is 88.5 Å². The molecular weight excluding hydrogens is 556 g/mol. The summed E-state index contributed by atoms with van der Waals surface area (Å²) in [5, 5.41) is 0. The van der Waals surface area contributed by atoms with E-state index in [1.54, 1.807) is 19.0 Å².